The van der Waals surface area contributed by atoms with Crippen molar-refractivity contribution in [3.05, 3.63) is 34.9 Å². The van der Waals surface area contributed by atoms with Crippen LogP contribution in [0.4, 0.5) is 0 Å². The molecular weight excluding hydrogens is 290 g/mol. The van der Waals surface area contributed by atoms with E-state index in [2.05, 4.69) is 0 Å². The number of rotatable bonds is 3. The van der Waals surface area contributed by atoms with Crippen LogP contribution in [0.2, 0.25) is 5.02 Å². The van der Waals surface area contributed by atoms with Crippen LogP contribution in [-0.2, 0) is 9.47 Å². The number of piperidine rings is 1. The largest absolute Gasteiger partial charge is 0.376 e. The molecule has 0 radical (unpaired) electrons. The van der Waals surface area contributed by atoms with Gasteiger partial charge >= 0.3 is 0 Å². The molecule has 2 fully saturated rings. The Kier molecular flexibility index (Phi) is 4.48. The molecule has 4 nitrogen and oxygen atoms in total. The van der Waals surface area contributed by atoms with E-state index in [1.54, 1.807) is 12.1 Å². The summed E-state index contributed by atoms with van der Waals surface area (Å²) in [4.78, 5) is 14.7. The Morgan fingerprint density at radius 1 is 1.48 bits per heavy atom. The van der Waals surface area contributed by atoms with E-state index in [9.17, 15) is 4.79 Å². The maximum Gasteiger partial charge on any atom is 0.254 e. The number of benzene rings is 1. The standard InChI is InChI=1S/C16H20ClNO3/c1-2-20-14-6-8-18(13-7-9-21-15(13)14)16(19)11-4-3-5-12(17)10-11/h3-5,10,13-15H,2,6-9H2,1H3/t13-,14+,15-/m0/s1. The molecule has 1 aromatic rings. The first-order chi connectivity index (χ1) is 10.2. The maximum absolute atomic E-state index is 12.7. The normalized spacial score (nSPS) is 28.5. The van der Waals surface area contributed by atoms with Crippen LogP contribution in [0, 0.1) is 0 Å². The van der Waals surface area contributed by atoms with Crippen LogP contribution in [0.15, 0.2) is 24.3 Å². The number of carbonyl (C=O) groups excluding carboxylic acids is 1. The minimum absolute atomic E-state index is 0.00170. The average Bonchev–Trinajstić information content (AvgIpc) is 2.97. The van der Waals surface area contributed by atoms with Crippen LogP contribution in [0.5, 0.6) is 0 Å². The average molecular weight is 310 g/mol. The summed E-state index contributed by atoms with van der Waals surface area (Å²) in [6, 6.07) is 7.24. The Hall–Kier alpha value is -1.10. The van der Waals surface area contributed by atoms with Crippen molar-refractivity contribution in [2.45, 2.75) is 38.0 Å². The second-order valence-corrected chi connectivity index (χ2v) is 5.92. The molecule has 2 aliphatic rings. The molecule has 2 heterocycles. The zero-order valence-corrected chi connectivity index (χ0v) is 12.9. The molecule has 1 amide bonds. The first-order valence-electron chi connectivity index (χ1n) is 7.50. The van der Waals surface area contributed by atoms with Gasteiger partial charge in [0, 0.05) is 30.3 Å². The second kappa shape index (κ2) is 6.34. The topological polar surface area (TPSA) is 38.8 Å². The second-order valence-electron chi connectivity index (χ2n) is 5.48. The molecule has 2 aliphatic heterocycles. The molecular formula is C16H20ClNO3. The highest BCUT2D eigenvalue weighted by molar-refractivity contribution is 6.30. The van der Waals surface area contributed by atoms with Gasteiger partial charge in [-0.2, -0.15) is 0 Å². The fourth-order valence-electron chi connectivity index (χ4n) is 3.32. The summed E-state index contributed by atoms with van der Waals surface area (Å²) in [6.07, 6.45) is 1.80. The van der Waals surface area contributed by atoms with Gasteiger partial charge in [-0.1, -0.05) is 17.7 Å². The number of carbonyl (C=O) groups is 1. The summed E-state index contributed by atoms with van der Waals surface area (Å²) in [5, 5.41) is 0.587. The van der Waals surface area contributed by atoms with Crippen molar-refractivity contribution in [3.8, 4) is 0 Å². The van der Waals surface area contributed by atoms with Gasteiger partial charge in [0.1, 0.15) is 6.10 Å². The molecule has 3 atom stereocenters. The van der Waals surface area contributed by atoms with Gasteiger partial charge in [-0.3, -0.25) is 4.79 Å². The first kappa shape index (κ1) is 14.8. The van der Waals surface area contributed by atoms with Crippen LogP contribution in [-0.4, -0.2) is 48.8 Å². The van der Waals surface area contributed by atoms with Crippen molar-refractivity contribution < 1.29 is 14.3 Å². The van der Waals surface area contributed by atoms with Crippen molar-refractivity contribution in [3.63, 3.8) is 0 Å². The molecule has 3 rings (SSSR count). The van der Waals surface area contributed by atoms with E-state index in [4.69, 9.17) is 21.1 Å². The number of amides is 1. The summed E-state index contributed by atoms with van der Waals surface area (Å²) >= 11 is 5.99. The van der Waals surface area contributed by atoms with Gasteiger partial charge in [-0.25, -0.2) is 0 Å². The highest BCUT2D eigenvalue weighted by atomic mass is 35.5. The van der Waals surface area contributed by atoms with Crippen LogP contribution >= 0.6 is 11.6 Å². The lowest BCUT2D eigenvalue weighted by atomic mass is 9.94. The number of likely N-dealkylation sites (tertiary alicyclic amines) is 1. The van der Waals surface area contributed by atoms with E-state index >= 15 is 0 Å². The molecule has 5 heteroatoms. The molecule has 0 N–H and O–H groups in total. The lowest BCUT2D eigenvalue weighted by Crippen LogP contribution is -2.55. The van der Waals surface area contributed by atoms with Crippen molar-refractivity contribution in [2.24, 2.45) is 0 Å². The third-order valence-electron chi connectivity index (χ3n) is 4.24. The van der Waals surface area contributed by atoms with Gasteiger partial charge in [0.05, 0.1) is 12.1 Å². The zero-order chi connectivity index (χ0) is 14.8. The minimum Gasteiger partial charge on any atom is -0.376 e. The fraction of sp³-hybridized carbons (Fsp3) is 0.562. The van der Waals surface area contributed by atoms with Crippen LogP contribution < -0.4 is 0 Å². The third-order valence-corrected chi connectivity index (χ3v) is 4.47. The Bertz CT molecular complexity index is 522. The number of hydrogen-bond donors (Lipinski definition) is 0. The number of ether oxygens (including phenoxy) is 2. The molecule has 0 saturated carbocycles. The number of hydrogen-bond acceptors (Lipinski definition) is 3. The summed E-state index contributed by atoms with van der Waals surface area (Å²) in [6.45, 7) is 4.08. The molecule has 0 aromatic heterocycles. The van der Waals surface area contributed by atoms with Crippen LogP contribution in [0.25, 0.3) is 0 Å². The molecule has 0 bridgehead atoms. The monoisotopic (exact) mass is 309 g/mol. The van der Waals surface area contributed by atoms with Crippen molar-refractivity contribution in [2.75, 3.05) is 19.8 Å². The SMILES string of the molecule is CCO[C@@H]1CCN(C(=O)c2cccc(Cl)c2)[C@H]2CCO[C@H]12. The molecule has 1 aromatic carbocycles. The first-order valence-corrected chi connectivity index (χ1v) is 7.88. The predicted molar refractivity (Wildman–Crippen MR) is 80.7 cm³/mol. The minimum atomic E-state index is 0.00170. The Balaban J connectivity index is 1.78. The van der Waals surface area contributed by atoms with E-state index in [0.717, 1.165) is 12.8 Å². The van der Waals surface area contributed by atoms with Gasteiger partial charge < -0.3 is 14.4 Å². The Labute approximate surface area is 130 Å². The lowest BCUT2D eigenvalue weighted by Gasteiger charge is -2.41. The fourth-order valence-corrected chi connectivity index (χ4v) is 3.51. The van der Waals surface area contributed by atoms with Gasteiger partial charge in [-0.15, -0.1) is 0 Å². The van der Waals surface area contributed by atoms with E-state index < -0.39 is 0 Å². The zero-order valence-electron chi connectivity index (χ0n) is 12.1. The summed E-state index contributed by atoms with van der Waals surface area (Å²) < 4.78 is 11.6. The molecule has 0 unspecified atom stereocenters. The van der Waals surface area contributed by atoms with Gasteiger partial charge in [-0.05, 0) is 38.0 Å². The number of nitrogens with zero attached hydrogens (tertiary/aromatic N) is 1. The third kappa shape index (κ3) is 2.93. The molecule has 21 heavy (non-hydrogen) atoms. The highest BCUT2D eigenvalue weighted by Crippen LogP contribution is 2.31. The van der Waals surface area contributed by atoms with Crippen molar-refractivity contribution in [1.29, 1.82) is 0 Å². The molecule has 114 valence electrons. The summed E-state index contributed by atoms with van der Waals surface area (Å²) in [5.74, 6) is 0.0351. The van der Waals surface area contributed by atoms with E-state index in [0.29, 0.717) is 30.3 Å². The van der Waals surface area contributed by atoms with E-state index in [1.807, 2.05) is 24.0 Å². The number of fused-ring (bicyclic) bond motifs is 1. The van der Waals surface area contributed by atoms with Crippen molar-refractivity contribution in [1.82, 2.24) is 4.90 Å². The molecule has 0 spiro atoms. The summed E-state index contributed by atoms with van der Waals surface area (Å²) in [7, 11) is 0. The van der Waals surface area contributed by atoms with Gasteiger partial charge in [0.2, 0.25) is 0 Å². The van der Waals surface area contributed by atoms with Crippen LogP contribution in [0.3, 0.4) is 0 Å². The lowest BCUT2D eigenvalue weighted by molar-refractivity contribution is -0.0882. The van der Waals surface area contributed by atoms with E-state index in [1.165, 1.54) is 0 Å². The van der Waals surface area contributed by atoms with Crippen molar-refractivity contribution >= 4 is 17.5 Å². The Morgan fingerprint density at radius 2 is 2.33 bits per heavy atom. The summed E-state index contributed by atoms with van der Waals surface area (Å²) in [5.41, 5.74) is 0.642. The predicted octanol–water partition coefficient (Wildman–Crippen LogP) is 2.75. The van der Waals surface area contributed by atoms with Gasteiger partial charge in [0.15, 0.2) is 0 Å². The highest BCUT2D eigenvalue weighted by Gasteiger charge is 2.44. The molecule has 2 saturated heterocycles. The maximum atomic E-state index is 12.7. The number of halogens is 1. The quantitative estimate of drug-likeness (QED) is 0.862. The van der Waals surface area contributed by atoms with Gasteiger partial charge in [0.25, 0.3) is 5.91 Å². The Morgan fingerprint density at radius 3 is 3.10 bits per heavy atom. The molecule has 0 aliphatic carbocycles. The van der Waals surface area contributed by atoms with E-state index in [-0.39, 0.29) is 24.2 Å². The van der Waals surface area contributed by atoms with Crippen LogP contribution in [0.1, 0.15) is 30.1 Å². The smallest absolute Gasteiger partial charge is 0.254 e.